The first kappa shape index (κ1) is 17.7. The minimum absolute atomic E-state index is 0.00663. The molecule has 2 aliphatic carbocycles. The lowest BCUT2D eigenvalue weighted by Crippen LogP contribution is -2.47. The number of rotatable bonds is 5. The summed E-state index contributed by atoms with van der Waals surface area (Å²) in [7, 11) is 0. The van der Waals surface area contributed by atoms with Crippen LogP contribution < -0.4 is 22.1 Å². The van der Waals surface area contributed by atoms with Gasteiger partial charge in [0, 0.05) is 6.04 Å². The predicted molar refractivity (Wildman–Crippen MR) is 94.5 cm³/mol. The summed E-state index contributed by atoms with van der Waals surface area (Å²) >= 11 is 1.04. The lowest BCUT2D eigenvalue weighted by molar-refractivity contribution is -0.117. The highest BCUT2D eigenvalue weighted by atomic mass is 32.2. The van der Waals surface area contributed by atoms with E-state index in [4.69, 9.17) is 11.5 Å². The van der Waals surface area contributed by atoms with Gasteiger partial charge in [-0.1, -0.05) is 18.2 Å². The molecule has 2 aliphatic rings. The second kappa shape index (κ2) is 7.42. The monoisotopic (exact) mass is 365 g/mol. The molecule has 3 rings (SSSR count). The number of nitrogens with zero attached hydrogens (tertiary/aromatic N) is 3. The number of aromatic nitrogens is 3. The molecule has 6 N–H and O–H groups in total. The zero-order valence-electron chi connectivity index (χ0n) is 14.1. The van der Waals surface area contributed by atoms with Crippen LogP contribution in [-0.2, 0) is 4.79 Å². The fourth-order valence-electron chi connectivity index (χ4n) is 4.00. The first-order valence-corrected chi connectivity index (χ1v) is 9.39. The molecule has 2 bridgehead atoms. The molecule has 1 aromatic rings. The minimum atomic E-state index is -0.462. The maximum absolute atomic E-state index is 12.0. The molecule has 136 valence electrons. The molecule has 0 aromatic carbocycles. The van der Waals surface area contributed by atoms with Gasteiger partial charge in [0.05, 0.1) is 5.75 Å². The molecular weight excluding hydrogens is 342 g/mol. The van der Waals surface area contributed by atoms with Crippen molar-refractivity contribution >= 4 is 35.6 Å². The highest BCUT2D eigenvalue weighted by Crippen LogP contribution is 2.49. The maximum Gasteiger partial charge on any atom is 0.321 e. The molecule has 0 aliphatic heterocycles. The Kier molecular flexibility index (Phi) is 5.26. The molecule has 3 amide bonds. The number of amides is 3. The van der Waals surface area contributed by atoms with Gasteiger partial charge >= 0.3 is 6.03 Å². The zero-order chi connectivity index (χ0) is 18.0. The third-order valence-corrected chi connectivity index (χ3v) is 5.88. The van der Waals surface area contributed by atoms with Crippen LogP contribution in [0.2, 0.25) is 0 Å². The largest absolute Gasteiger partial charge is 0.368 e. The Hall–Kier alpha value is -2.10. The third kappa shape index (κ3) is 4.50. The Morgan fingerprint density at radius 3 is 2.52 bits per heavy atom. The number of imide groups is 1. The van der Waals surface area contributed by atoms with Crippen LogP contribution in [0.5, 0.6) is 0 Å². The van der Waals surface area contributed by atoms with Gasteiger partial charge in [-0.2, -0.15) is 15.0 Å². The first-order chi connectivity index (χ1) is 11.9. The van der Waals surface area contributed by atoms with E-state index in [1.807, 2.05) is 6.92 Å². The van der Waals surface area contributed by atoms with Gasteiger partial charge in [0.15, 0.2) is 5.16 Å². The van der Waals surface area contributed by atoms with Crippen LogP contribution >= 0.6 is 11.8 Å². The molecular formula is C15H23N7O2S. The molecule has 2 saturated carbocycles. The molecule has 25 heavy (non-hydrogen) atoms. The topological polar surface area (TPSA) is 149 Å². The van der Waals surface area contributed by atoms with Crippen molar-refractivity contribution in [3.05, 3.63) is 0 Å². The number of carbonyl (C=O) groups is 2. The zero-order valence-corrected chi connectivity index (χ0v) is 14.9. The molecule has 4 atom stereocenters. The number of thioether (sulfide) groups is 1. The third-order valence-electron chi connectivity index (χ3n) is 5.03. The van der Waals surface area contributed by atoms with E-state index in [0.717, 1.165) is 17.7 Å². The molecule has 0 radical (unpaired) electrons. The van der Waals surface area contributed by atoms with Crippen molar-refractivity contribution in [2.45, 2.75) is 43.8 Å². The Labute approximate surface area is 150 Å². The van der Waals surface area contributed by atoms with Crippen LogP contribution in [0.25, 0.3) is 0 Å². The van der Waals surface area contributed by atoms with Gasteiger partial charge in [0.2, 0.25) is 17.8 Å². The summed E-state index contributed by atoms with van der Waals surface area (Å²) in [5.41, 5.74) is 10.9. The van der Waals surface area contributed by atoms with Gasteiger partial charge in [0.25, 0.3) is 0 Å². The van der Waals surface area contributed by atoms with E-state index < -0.39 is 11.9 Å². The molecule has 10 heteroatoms. The number of carbonyl (C=O) groups excluding carboxylic acids is 2. The second-order valence-corrected chi connectivity index (χ2v) is 7.71. The van der Waals surface area contributed by atoms with E-state index in [2.05, 4.69) is 25.6 Å². The summed E-state index contributed by atoms with van der Waals surface area (Å²) in [6.45, 7) is 2.01. The standard InChI is InChI=1S/C15H23N7O2S/c1-7(10-5-8-2-3-9(10)4-8)18-14(24)19-11(23)6-25-15-21-12(16)20-13(17)22-15/h7-10H,2-6H2,1H3,(H2,18,19,23,24)(H4,16,17,20,21,22)/t7-,8+,9+,10-/m0/s1. The Balaban J connectivity index is 1.42. The van der Waals surface area contributed by atoms with Crippen LogP contribution in [0, 0.1) is 17.8 Å². The van der Waals surface area contributed by atoms with Gasteiger partial charge in [-0.05, 0) is 43.9 Å². The number of nitrogens with one attached hydrogen (secondary N) is 2. The summed E-state index contributed by atoms with van der Waals surface area (Å²) in [4.78, 5) is 35.3. The number of hydrogen-bond acceptors (Lipinski definition) is 8. The van der Waals surface area contributed by atoms with Gasteiger partial charge in [-0.3, -0.25) is 10.1 Å². The summed E-state index contributed by atoms with van der Waals surface area (Å²) in [5.74, 6) is 1.59. The van der Waals surface area contributed by atoms with Crippen LogP contribution in [0.4, 0.5) is 16.7 Å². The van der Waals surface area contributed by atoms with E-state index in [-0.39, 0.29) is 28.8 Å². The van der Waals surface area contributed by atoms with Crippen molar-refractivity contribution < 1.29 is 9.59 Å². The van der Waals surface area contributed by atoms with E-state index >= 15 is 0 Å². The van der Waals surface area contributed by atoms with Crippen molar-refractivity contribution in [2.24, 2.45) is 17.8 Å². The average Bonchev–Trinajstić information content (AvgIpc) is 3.15. The predicted octanol–water partition coefficient (Wildman–Crippen LogP) is 0.779. The number of nitrogens with two attached hydrogens (primary N) is 2. The molecule has 1 aromatic heterocycles. The minimum Gasteiger partial charge on any atom is -0.368 e. The first-order valence-electron chi connectivity index (χ1n) is 8.41. The highest BCUT2D eigenvalue weighted by molar-refractivity contribution is 7.99. The summed E-state index contributed by atoms with van der Waals surface area (Å²) < 4.78 is 0. The molecule has 0 spiro atoms. The van der Waals surface area contributed by atoms with Gasteiger partial charge in [-0.15, -0.1) is 0 Å². The van der Waals surface area contributed by atoms with Crippen molar-refractivity contribution in [2.75, 3.05) is 17.2 Å². The van der Waals surface area contributed by atoms with E-state index in [1.165, 1.54) is 25.7 Å². The summed E-state index contributed by atoms with van der Waals surface area (Å²) in [6.07, 6.45) is 5.04. The fraction of sp³-hybridized carbons (Fsp3) is 0.667. The number of hydrogen-bond donors (Lipinski definition) is 4. The van der Waals surface area contributed by atoms with Crippen LogP contribution in [0.3, 0.4) is 0 Å². The second-order valence-electron chi connectivity index (χ2n) is 6.77. The fourth-order valence-corrected chi connectivity index (χ4v) is 4.65. The van der Waals surface area contributed by atoms with Gasteiger partial charge in [-0.25, -0.2) is 4.79 Å². The van der Waals surface area contributed by atoms with Gasteiger partial charge < -0.3 is 16.8 Å². The molecule has 1 heterocycles. The van der Waals surface area contributed by atoms with Gasteiger partial charge in [0.1, 0.15) is 0 Å². The number of urea groups is 1. The number of fused-ring (bicyclic) bond motifs is 2. The molecule has 2 fully saturated rings. The number of nitrogen functional groups attached to an aromatic ring is 2. The SMILES string of the molecule is C[C@H](NC(=O)NC(=O)CSc1nc(N)nc(N)n1)[C@@H]1C[C@@H]2CC[C@@H]1C2. The lowest BCUT2D eigenvalue weighted by atomic mass is 9.84. The van der Waals surface area contributed by atoms with Crippen LogP contribution in [-0.4, -0.2) is 38.7 Å². The van der Waals surface area contributed by atoms with Crippen LogP contribution in [0.15, 0.2) is 5.16 Å². The van der Waals surface area contributed by atoms with E-state index in [1.54, 1.807) is 0 Å². The van der Waals surface area contributed by atoms with E-state index in [0.29, 0.717) is 11.8 Å². The van der Waals surface area contributed by atoms with Crippen LogP contribution in [0.1, 0.15) is 32.6 Å². The summed E-state index contributed by atoms with van der Waals surface area (Å²) in [5, 5.41) is 5.47. The maximum atomic E-state index is 12.0. The average molecular weight is 365 g/mol. The Morgan fingerprint density at radius 1 is 1.20 bits per heavy atom. The number of anilines is 2. The Morgan fingerprint density at radius 2 is 1.92 bits per heavy atom. The van der Waals surface area contributed by atoms with Crippen molar-refractivity contribution in [3.63, 3.8) is 0 Å². The smallest absolute Gasteiger partial charge is 0.321 e. The highest BCUT2D eigenvalue weighted by Gasteiger charge is 2.42. The molecule has 9 nitrogen and oxygen atoms in total. The normalized spacial score (nSPS) is 25.6. The summed E-state index contributed by atoms with van der Waals surface area (Å²) in [6, 6.07) is -0.394. The lowest BCUT2D eigenvalue weighted by Gasteiger charge is -2.28. The van der Waals surface area contributed by atoms with Crippen molar-refractivity contribution in [1.82, 2.24) is 25.6 Å². The quantitative estimate of drug-likeness (QED) is 0.559. The van der Waals surface area contributed by atoms with Crippen molar-refractivity contribution in [3.8, 4) is 0 Å². The van der Waals surface area contributed by atoms with E-state index in [9.17, 15) is 9.59 Å². The Bertz CT molecular complexity index is 651. The molecule has 0 saturated heterocycles. The van der Waals surface area contributed by atoms with Crippen molar-refractivity contribution in [1.29, 1.82) is 0 Å². The molecule has 0 unspecified atom stereocenters.